The molecule has 0 saturated carbocycles. The standard InChI is InChI=1S/C49H27N5OS2/c1-3-12-28(13-4-1)42-45-43(35-17-8-10-21-40(35)57-45)51-49(50-42)36-19-11-18-34-37-26-30(23-25-41(37)56-44(34)36)47-52-46(29-14-5-2-6-15-29)53-48(54-47)31-22-24-33-32-16-7-9-20-38(32)55-39(33)27-31/h1-27H. The molecule has 12 rings (SSSR count). The smallest absolute Gasteiger partial charge is 0.164 e. The quantitative estimate of drug-likeness (QED) is 0.174. The van der Waals surface area contributed by atoms with Gasteiger partial charge in [-0.2, -0.15) is 0 Å². The van der Waals surface area contributed by atoms with E-state index in [1.54, 1.807) is 22.7 Å². The Labute approximate surface area is 333 Å². The van der Waals surface area contributed by atoms with E-state index in [0.717, 1.165) is 92.3 Å². The molecule has 0 atom stereocenters. The molecule has 0 radical (unpaired) electrons. The van der Waals surface area contributed by atoms with Gasteiger partial charge in [-0.15, -0.1) is 22.7 Å². The summed E-state index contributed by atoms with van der Waals surface area (Å²) in [6.45, 7) is 0. The van der Waals surface area contributed by atoms with Crippen molar-refractivity contribution in [1.29, 1.82) is 0 Å². The Bertz CT molecular complexity index is 3540. The predicted molar refractivity (Wildman–Crippen MR) is 236 cm³/mol. The molecule has 0 aliphatic rings. The fraction of sp³-hybridized carbons (Fsp3) is 0. The molecule has 8 heteroatoms. The zero-order valence-corrected chi connectivity index (χ0v) is 31.7. The van der Waals surface area contributed by atoms with Crippen molar-refractivity contribution in [3.05, 3.63) is 164 Å². The molecule has 6 nitrogen and oxygen atoms in total. The van der Waals surface area contributed by atoms with Crippen molar-refractivity contribution in [2.45, 2.75) is 0 Å². The number of nitrogens with zero attached hydrogens (tertiary/aromatic N) is 5. The van der Waals surface area contributed by atoms with E-state index >= 15 is 0 Å². The van der Waals surface area contributed by atoms with E-state index < -0.39 is 0 Å². The summed E-state index contributed by atoms with van der Waals surface area (Å²) >= 11 is 3.51. The third-order valence-corrected chi connectivity index (χ3v) is 13.0. The molecule has 0 unspecified atom stereocenters. The number of para-hydroxylation sites is 1. The van der Waals surface area contributed by atoms with Gasteiger partial charge in [0.1, 0.15) is 11.2 Å². The lowest BCUT2D eigenvalue weighted by Crippen LogP contribution is -2.00. The molecule has 266 valence electrons. The van der Waals surface area contributed by atoms with Gasteiger partial charge in [0.15, 0.2) is 23.3 Å². The van der Waals surface area contributed by atoms with E-state index in [9.17, 15) is 0 Å². The molecule has 7 aromatic carbocycles. The third kappa shape index (κ3) is 5.26. The molecule has 0 aliphatic carbocycles. The molecular weight excluding hydrogens is 739 g/mol. The number of fused-ring (bicyclic) bond motifs is 9. The topological polar surface area (TPSA) is 77.6 Å². The summed E-state index contributed by atoms with van der Waals surface area (Å²) in [6, 6.07) is 56.2. The van der Waals surface area contributed by atoms with E-state index in [1.807, 2.05) is 60.7 Å². The lowest BCUT2D eigenvalue weighted by atomic mass is 10.1. The van der Waals surface area contributed by atoms with E-state index in [0.29, 0.717) is 17.5 Å². The summed E-state index contributed by atoms with van der Waals surface area (Å²) in [7, 11) is 0. The normalized spacial score (nSPS) is 11.9. The molecule has 0 bridgehead atoms. The highest BCUT2D eigenvalue weighted by Gasteiger charge is 2.20. The number of benzene rings is 7. The van der Waals surface area contributed by atoms with Gasteiger partial charge < -0.3 is 4.42 Å². The van der Waals surface area contributed by atoms with Crippen LogP contribution in [0.25, 0.3) is 119 Å². The number of furan rings is 1. The summed E-state index contributed by atoms with van der Waals surface area (Å²) in [5.74, 6) is 2.52. The van der Waals surface area contributed by atoms with Crippen LogP contribution in [0.2, 0.25) is 0 Å². The van der Waals surface area contributed by atoms with E-state index in [1.165, 1.54) is 9.40 Å². The molecule has 0 amide bonds. The van der Waals surface area contributed by atoms with Crippen molar-refractivity contribution in [3.8, 4) is 56.8 Å². The summed E-state index contributed by atoms with van der Waals surface area (Å²) in [4.78, 5) is 25.7. The predicted octanol–water partition coefficient (Wildman–Crippen LogP) is 13.6. The van der Waals surface area contributed by atoms with Gasteiger partial charge >= 0.3 is 0 Å². The summed E-state index contributed by atoms with van der Waals surface area (Å²) in [5.41, 5.74) is 8.37. The highest BCUT2D eigenvalue weighted by atomic mass is 32.1. The Morgan fingerprint density at radius 1 is 0.351 bits per heavy atom. The van der Waals surface area contributed by atoms with Crippen LogP contribution in [0.1, 0.15) is 0 Å². The largest absolute Gasteiger partial charge is 0.456 e. The van der Waals surface area contributed by atoms with Gasteiger partial charge in [0.05, 0.1) is 15.9 Å². The summed E-state index contributed by atoms with van der Waals surface area (Å²) in [6.07, 6.45) is 0. The zero-order valence-electron chi connectivity index (χ0n) is 30.0. The van der Waals surface area contributed by atoms with Crippen LogP contribution in [0.15, 0.2) is 168 Å². The maximum absolute atomic E-state index is 6.25. The first-order chi connectivity index (χ1) is 28.2. The van der Waals surface area contributed by atoms with E-state index in [-0.39, 0.29) is 0 Å². The molecule has 5 aromatic heterocycles. The second-order valence-corrected chi connectivity index (χ2v) is 16.1. The van der Waals surface area contributed by atoms with Crippen LogP contribution in [0.5, 0.6) is 0 Å². The number of hydrogen-bond acceptors (Lipinski definition) is 8. The van der Waals surface area contributed by atoms with Crippen molar-refractivity contribution < 1.29 is 4.42 Å². The van der Waals surface area contributed by atoms with E-state index in [4.69, 9.17) is 29.3 Å². The maximum atomic E-state index is 6.25. The lowest BCUT2D eigenvalue weighted by molar-refractivity contribution is 0.669. The Morgan fingerprint density at radius 2 is 0.965 bits per heavy atom. The van der Waals surface area contributed by atoms with Crippen LogP contribution in [0.4, 0.5) is 0 Å². The third-order valence-electron chi connectivity index (χ3n) is 10.6. The Hall–Kier alpha value is -7.13. The van der Waals surface area contributed by atoms with Crippen LogP contribution >= 0.6 is 22.7 Å². The minimum Gasteiger partial charge on any atom is -0.456 e. The Balaban J connectivity index is 1.02. The van der Waals surface area contributed by atoms with Crippen LogP contribution in [-0.2, 0) is 0 Å². The first kappa shape index (κ1) is 32.1. The Morgan fingerprint density at radius 3 is 1.79 bits per heavy atom. The Kier molecular flexibility index (Phi) is 7.17. The minimum atomic E-state index is 0.585. The average molecular weight is 766 g/mol. The van der Waals surface area contributed by atoms with Crippen LogP contribution < -0.4 is 0 Å². The highest BCUT2D eigenvalue weighted by Crippen LogP contribution is 2.44. The molecule has 0 aliphatic heterocycles. The molecule has 57 heavy (non-hydrogen) atoms. The fourth-order valence-corrected chi connectivity index (χ4v) is 10.2. The molecule has 0 saturated heterocycles. The van der Waals surface area contributed by atoms with Crippen molar-refractivity contribution >= 4 is 85.1 Å². The number of aromatic nitrogens is 5. The van der Waals surface area contributed by atoms with Gasteiger partial charge in [-0.3, -0.25) is 0 Å². The monoisotopic (exact) mass is 765 g/mol. The lowest BCUT2D eigenvalue weighted by Gasteiger charge is -2.09. The maximum Gasteiger partial charge on any atom is 0.164 e. The summed E-state index contributed by atoms with van der Waals surface area (Å²) < 4.78 is 10.9. The van der Waals surface area contributed by atoms with Crippen molar-refractivity contribution in [3.63, 3.8) is 0 Å². The second-order valence-electron chi connectivity index (χ2n) is 14.0. The molecule has 5 heterocycles. The van der Waals surface area contributed by atoms with Gasteiger partial charge in [0.2, 0.25) is 0 Å². The minimum absolute atomic E-state index is 0.585. The first-order valence-electron chi connectivity index (χ1n) is 18.7. The zero-order chi connectivity index (χ0) is 37.5. The number of rotatable bonds is 5. The molecule has 0 N–H and O–H groups in total. The van der Waals surface area contributed by atoms with Gasteiger partial charge in [-0.1, -0.05) is 115 Å². The number of hydrogen-bond donors (Lipinski definition) is 0. The molecular formula is C49H27N5OS2. The fourth-order valence-electron chi connectivity index (χ4n) is 7.83. The summed E-state index contributed by atoms with van der Waals surface area (Å²) in [5, 5.41) is 5.57. The highest BCUT2D eigenvalue weighted by molar-refractivity contribution is 7.26. The second kappa shape index (κ2) is 12.7. The average Bonchev–Trinajstić information content (AvgIpc) is 3.97. The van der Waals surface area contributed by atoms with Crippen LogP contribution in [-0.4, -0.2) is 24.9 Å². The van der Waals surface area contributed by atoms with Crippen LogP contribution in [0, 0.1) is 0 Å². The van der Waals surface area contributed by atoms with Gasteiger partial charge in [0, 0.05) is 68.8 Å². The molecule has 0 fully saturated rings. The number of thiophene rings is 2. The van der Waals surface area contributed by atoms with Crippen molar-refractivity contribution in [1.82, 2.24) is 24.9 Å². The van der Waals surface area contributed by atoms with Gasteiger partial charge in [-0.05, 0) is 48.5 Å². The van der Waals surface area contributed by atoms with E-state index in [2.05, 4.69) is 103 Å². The van der Waals surface area contributed by atoms with Crippen LogP contribution in [0.3, 0.4) is 0 Å². The molecule has 0 spiro atoms. The molecule has 12 aromatic rings. The van der Waals surface area contributed by atoms with Gasteiger partial charge in [0.25, 0.3) is 0 Å². The van der Waals surface area contributed by atoms with Crippen molar-refractivity contribution in [2.75, 3.05) is 0 Å². The van der Waals surface area contributed by atoms with Gasteiger partial charge in [-0.25, -0.2) is 24.9 Å². The van der Waals surface area contributed by atoms with Crippen molar-refractivity contribution in [2.24, 2.45) is 0 Å². The SMILES string of the molecule is c1ccc(-c2nc(-c3ccc4c(c3)oc3ccccc34)nc(-c3ccc4sc5c(-c6nc(-c7ccccc7)c7sc8ccccc8c7n6)cccc5c4c3)n2)cc1. The first-order valence-corrected chi connectivity index (χ1v) is 20.3.